The van der Waals surface area contributed by atoms with E-state index in [-0.39, 0.29) is 27.9 Å². The van der Waals surface area contributed by atoms with Crippen LogP contribution in [0, 0.1) is 0 Å². The van der Waals surface area contributed by atoms with Crippen molar-refractivity contribution in [3.8, 4) is 0 Å². The minimum Gasteiger partial charge on any atom is -0.457 e. The van der Waals surface area contributed by atoms with Crippen LogP contribution in [-0.4, -0.2) is 5.97 Å². The van der Waals surface area contributed by atoms with Gasteiger partial charge in [-0.3, -0.25) is 0 Å². The minimum atomic E-state index is -0.532. The molecule has 104 valence electrons. The number of rotatable bonds is 3. The van der Waals surface area contributed by atoms with E-state index in [4.69, 9.17) is 45.3 Å². The molecule has 3 nitrogen and oxygen atoms in total. The molecule has 0 atom stereocenters. The van der Waals surface area contributed by atoms with Crippen LogP contribution < -0.4 is 5.73 Å². The van der Waals surface area contributed by atoms with Crippen molar-refractivity contribution in [3.63, 3.8) is 0 Å². The summed E-state index contributed by atoms with van der Waals surface area (Å²) >= 11 is 17.5. The highest BCUT2D eigenvalue weighted by Gasteiger charge is 2.12. The predicted molar refractivity (Wildman–Crippen MR) is 81.4 cm³/mol. The summed E-state index contributed by atoms with van der Waals surface area (Å²) in [5, 5.41) is 1.01. The van der Waals surface area contributed by atoms with Crippen LogP contribution in [-0.2, 0) is 11.3 Å². The number of hydrogen-bond donors (Lipinski definition) is 1. The average molecular weight is 331 g/mol. The van der Waals surface area contributed by atoms with Crippen LogP contribution in [0.3, 0.4) is 0 Å². The Morgan fingerprint density at radius 3 is 2.55 bits per heavy atom. The SMILES string of the molecule is Nc1cc(C(=O)OCc2cccc(Cl)c2)cc(Cl)c1Cl. The van der Waals surface area contributed by atoms with E-state index in [0.29, 0.717) is 5.02 Å². The topological polar surface area (TPSA) is 52.3 Å². The standard InChI is InChI=1S/C14H10Cl3NO2/c15-10-3-1-2-8(4-10)7-20-14(19)9-5-11(16)13(17)12(18)6-9/h1-6H,7,18H2. The van der Waals surface area contributed by atoms with Gasteiger partial charge in [0.2, 0.25) is 0 Å². The van der Waals surface area contributed by atoms with Gasteiger partial charge < -0.3 is 10.5 Å². The summed E-state index contributed by atoms with van der Waals surface area (Å²) < 4.78 is 5.16. The molecular weight excluding hydrogens is 321 g/mol. The molecule has 0 heterocycles. The lowest BCUT2D eigenvalue weighted by Crippen LogP contribution is -2.06. The van der Waals surface area contributed by atoms with Gasteiger partial charge >= 0.3 is 5.97 Å². The first-order valence-electron chi connectivity index (χ1n) is 5.63. The molecule has 0 aromatic heterocycles. The highest BCUT2D eigenvalue weighted by Crippen LogP contribution is 2.29. The lowest BCUT2D eigenvalue weighted by Gasteiger charge is -2.07. The Morgan fingerprint density at radius 1 is 1.15 bits per heavy atom. The number of ether oxygens (including phenoxy) is 1. The summed E-state index contributed by atoms with van der Waals surface area (Å²) in [6.45, 7) is 0.111. The third-order valence-corrected chi connectivity index (χ3v) is 3.60. The van der Waals surface area contributed by atoms with Gasteiger partial charge in [-0.05, 0) is 29.8 Å². The van der Waals surface area contributed by atoms with Gasteiger partial charge in [0.25, 0.3) is 0 Å². The molecule has 0 aliphatic rings. The molecule has 0 amide bonds. The predicted octanol–water partition coefficient (Wildman–Crippen LogP) is 4.59. The number of anilines is 1. The van der Waals surface area contributed by atoms with E-state index in [2.05, 4.69) is 0 Å². The van der Waals surface area contributed by atoms with E-state index in [1.165, 1.54) is 12.1 Å². The first kappa shape index (κ1) is 15.0. The van der Waals surface area contributed by atoms with Crippen molar-refractivity contribution < 1.29 is 9.53 Å². The van der Waals surface area contributed by atoms with Crippen LogP contribution in [0.2, 0.25) is 15.1 Å². The Balaban J connectivity index is 2.09. The Morgan fingerprint density at radius 2 is 1.90 bits per heavy atom. The fourth-order valence-electron chi connectivity index (χ4n) is 1.59. The van der Waals surface area contributed by atoms with E-state index in [1.54, 1.807) is 18.2 Å². The molecule has 2 N–H and O–H groups in total. The fourth-order valence-corrected chi connectivity index (χ4v) is 2.14. The largest absolute Gasteiger partial charge is 0.457 e. The van der Waals surface area contributed by atoms with Gasteiger partial charge in [0.15, 0.2) is 0 Å². The van der Waals surface area contributed by atoms with Gasteiger partial charge in [-0.15, -0.1) is 0 Å². The van der Waals surface area contributed by atoms with Gasteiger partial charge in [0, 0.05) is 5.02 Å². The van der Waals surface area contributed by atoms with E-state index >= 15 is 0 Å². The second kappa shape index (κ2) is 6.35. The van der Waals surface area contributed by atoms with Crippen molar-refractivity contribution in [2.24, 2.45) is 0 Å². The summed E-state index contributed by atoms with van der Waals surface area (Å²) in [5.41, 5.74) is 6.91. The van der Waals surface area contributed by atoms with Gasteiger partial charge in [0.05, 0.1) is 21.3 Å². The zero-order chi connectivity index (χ0) is 14.7. The third-order valence-electron chi connectivity index (χ3n) is 2.55. The van der Waals surface area contributed by atoms with Crippen molar-refractivity contribution in [2.75, 3.05) is 5.73 Å². The summed E-state index contributed by atoms with van der Waals surface area (Å²) in [6.07, 6.45) is 0. The molecule has 0 fully saturated rings. The van der Waals surface area contributed by atoms with Crippen LogP contribution in [0.4, 0.5) is 5.69 Å². The molecule has 2 aromatic carbocycles. The molecule has 0 radical (unpaired) electrons. The molecule has 0 aliphatic carbocycles. The number of esters is 1. The van der Waals surface area contributed by atoms with Crippen LogP contribution in [0.1, 0.15) is 15.9 Å². The molecule has 0 spiro atoms. The Kier molecular flexibility index (Phi) is 4.76. The molecule has 0 saturated heterocycles. The maximum atomic E-state index is 11.9. The third kappa shape index (κ3) is 3.57. The number of nitrogens with two attached hydrogens (primary N) is 1. The molecule has 0 bridgehead atoms. The second-order valence-corrected chi connectivity index (χ2v) is 5.29. The molecule has 2 aromatic rings. The van der Waals surface area contributed by atoms with E-state index in [0.717, 1.165) is 5.56 Å². The lowest BCUT2D eigenvalue weighted by atomic mass is 10.2. The molecule has 20 heavy (non-hydrogen) atoms. The maximum absolute atomic E-state index is 11.9. The van der Waals surface area contributed by atoms with Gasteiger partial charge in [-0.1, -0.05) is 46.9 Å². The molecular formula is C14H10Cl3NO2. The van der Waals surface area contributed by atoms with E-state index in [1.807, 2.05) is 6.07 Å². The summed E-state index contributed by atoms with van der Waals surface area (Å²) in [6, 6.07) is 9.89. The quantitative estimate of drug-likeness (QED) is 0.661. The number of benzene rings is 2. The second-order valence-electron chi connectivity index (χ2n) is 4.07. The van der Waals surface area contributed by atoms with Crippen LogP contribution >= 0.6 is 34.8 Å². The van der Waals surface area contributed by atoms with Crippen molar-refractivity contribution in [3.05, 3.63) is 62.6 Å². The molecule has 0 unspecified atom stereocenters. The zero-order valence-electron chi connectivity index (χ0n) is 10.2. The smallest absolute Gasteiger partial charge is 0.338 e. The first-order chi connectivity index (χ1) is 9.47. The van der Waals surface area contributed by atoms with Crippen LogP contribution in [0.15, 0.2) is 36.4 Å². The number of carbonyl (C=O) groups excluding carboxylic acids is 1. The molecule has 2 rings (SSSR count). The number of nitrogen functional groups attached to an aromatic ring is 1. The summed E-state index contributed by atoms with van der Waals surface area (Å²) in [5.74, 6) is -0.532. The molecule has 0 saturated carbocycles. The van der Waals surface area contributed by atoms with E-state index < -0.39 is 5.97 Å². The fraction of sp³-hybridized carbons (Fsp3) is 0.0714. The van der Waals surface area contributed by atoms with Crippen molar-refractivity contribution in [1.82, 2.24) is 0 Å². The molecule has 6 heteroatoms. The van der Waals surface area contributed by atoms with Crippen molar-refractivity contribution in [1.29, 1.82) is 0 Å². The van der Waals surface area contributed by atoms with E-state index in [9.17, 15) is 4.79 Å². The Bertz CT molecular complexity index is 636. The van der Waals surface area contributed by atoms with Crippen molar-refractivity contribution in [2.45, 2.75) is 6.61 Å². The van der Waals surface area contributed by atoms with Crippen molar-refractivity contribution >= 4 is 46.5 Å². The highest BCUT2D eigenvalue weighted by molar-refractivity contribution is 6.43. The number of hydrogen-bond acceptors (Lipinski definition) is 3. The van der Waals surface area contributed by atoms with Gasteiger partial charge in [0.1, 0.15) is 6.61 Å². The normalized spacial score (nSPS) is 10.3. The molecule has 0 aliphatic heterocycles. The monoisotopic (exact) mass is 329 g/mol. The highest BCUT2D eigenvalue weighted by atomic mass is 35.5. The van der Waals surface area contributed by atoms with Gasteiger partial charge in [-0.25, -0.2) is 4.79 Å². The minimum absolute atomic E-state index is 0.111. The Labute approximate surface area is 131 Å². The number of halogens is 3. The van der Waals surface area contributed by atoms with Crippen LogP contribution in [0.25, 0.3) is 0 Å². The Hall–Kier alpha value is -1.42. The lowest BCUT2D eigenvalue weighted by molar-refractivity contribution is 0.0473. The summed E-state index contributed by atoms with van der Waals surface area (Å²) in [4.78, 5) is 11.9. The number of carbonyl (C=O) groups is 1. The summed E-state index contributed by atoms with van der Waals surface area (Å²) in [7, 11) is 0. The van der Waals surface area contributed by atoms with Crippen LogP contribution in [0.5, 0.6) is 0 Å². The van der Waals surface area contributed by atoms with Gasteiger partial charge in [-0.2, -0.15) is 0 Å². The first-order valence-corrected chi connectivity index (χ1v) is 6.77. The average Bonchev–Trinajstić information content (AvgIpc) is 2.41. The zero-order valence-corrected chi connectivity index (χ0v) is 12.5. The maximum Gasteiger partial charge on any atom is 0.338 e.